The van der Waals surface area contributed by atoms with E-state index in [1.165, 1.54) is 13.1 Å². The number of hydrogen-bond acceptors (Lipinski definition) is 2. The van der Waals surface area contributed by atoms with Crippen molar-refractivity contribution in [1.82, 2.24) is 9.78 Å². The van der Waals surface area contributed by atoms with Crippen molar-refractivity contribution in [1.29, 1.82) is 0 Å². The lowest BCUT2D eigenvalue weighted by atomic mass is 10.2. The Morgan fingerprint density at radius 1 is 1.38 bits per heavy atom. The van der Waals surface area contributed by atoms with Crippen molar-refractivity contribution in [3.05, 3.63) is 45.9 Å². The van der Waals surface area contributed by atoms with Crippen LogP contribution in [0.4, 0.5) is 23.2 Å². The second-order valence-corrected chi connectivity index (χ2v) is 5.00. The summed E-state index contributed by atoms with van der Waals surface area (Å²) in [6.45, 7) is 0. The van der Waals surface area contributed by atoms with Crippen LogP contribution in [-0.2, 0) is 13.2 Å². The van der Waals surface area contributed by atoms with Crippen molar-refractivity contribution >= 4 is 27.5 Å². The fourth-order valence-corrected chi connectivity index (χ4v) is 2.08. The van der Waals surface area contributed by atoms with E-state index in [2.05, 4.69) is 26.3 Å². The molecule has 0 fully saturated rings. The number of nitrogens with zero attached hydrogens (tertiary/aromatic N) is 2. The summed E-state index contributed by atoms with van der Waals surface area (Å²) < 4.78 is 52.6. The third kappa shape index (κ3) is 3.41. The third-order valence-electron chi connectivity index (χ3n) is 2.52. The van der Waals surface area contributed by atoms with Gasteiger partial charge >= 0.3 is 6.18 Å². The van der Waals surface area contributed by atoms with Crippen molar-refractivity contribution in [2.75, 3.05) is 5.32 Å². The average molecular weight is 366 g/mol. The van der Waals surface area contributed by atoms with Gasteiger partial charge in [0, 0.05) is 17.7 Å². The first-order valence-corrected chi connectivity index (χ1v) is 6.35. The highest BCUT2D eigenvalue weighted by molar-refractivity contribution is 9.10. The van der Waals surface area contributed by atoms with Gasteiger partial charge in [0.15, 0.2) is 5.69 Å². The highest BCUT2D eigenvalue weighted by Gasteiger charge is 2.37. The molecule has 1 N–H and O–H groups in total. The number of carbonyl (C=O) groups excluding carboxylic acids is 1. The SMILES string of the molecule is Cn1cc(NC(=O)c2cc(F)ccc2Br)c(C(F)(F)F)n1. The van der Waals surface area contributed by atoms with Crippen LogP contribution in [0.1, 0.15) is 16.1 Å². The van der Waals surface area contributed by atoms with Crippen LogP contribution in [-0.4, -0.2) is 15.7 Å². The van der Waals surface area contributed by atoms with Crippen molar-refractivity contribution in [3.8, 4) is 0 Å². The fraction of sp³-hybridized carbons (Fsp3) is 0.167. The second-order valence-electron chi connectivity index (χ2n) is 4.14. The molecule has 0 saturated carbocycles. The summed E-state index contributed by atoms with van der Waals surface area (Å²) >= 11 is 3.04. The number of carbonyl (C=O) groups is 1. The molecule has 112 valence electrons. The molecule has 0 saturated heterocycles. The highest BCUT2D eigenvalue weighted by atomic mass is 79.9. The molecule has 0 atom stereocenters. The van der Waals surface area contributed by atoms with Crippen molar-refractivity contribution in [2.45, 2.75) is 6.18 Å². The quantitative estimate of drug-likeness (QED) is 0.826. The first-order chi connectivity index (χ1) is 9.68. The maximum absolute atomic E-state index is 13.1. The maximum atomic E-state index is 13.1. The smallest absolute Gasteiger partial charge is 0.319 e. The van der Waals surface area contributed by atoms with Crippen LogP contribution in [0, 0.1) is 5.82 Å². The van der Waals surface area contributed by atoms with Crippen LogP contribution < -0.4 is 5.32 Å². The topological polar surface area (TPSA) is 46.9 Å². The van der Waals surface area contributed by atoms with E-state index < -0.39 is 29.3 Å². The number of nitrogens with one attached hydrogen (secondary N) is 1. The summed E-state index contributed by atoms with van der Waals surface area (Å²) in [4.78, 5) is 12.0. The standard InChI is InChI=1S/C12H8BrF4N3O/c1-20-5-9(10(19-20)12(15,16)17)18-11(21)7-4-6(14)2-3-8(7)13/h2-5H,1H3,(H,18,21). The number of halogens is 5. The van der Waals surface area contributed by atoms with Crippen LogP contribution in [0.25, 0.3) is 0 Å². The van der Waals surface area contributed by atoms with E-state index in [1.807, 2.05) is 0 Å². The minimum atomic E-state index is -4.71. The zero-order chi connectivity index (χ0) is 15.8. The number of aromatic nitrogens is 2. The number of anilines is 1. The number of benzene rings is 1. The predicted octanol–water partition coefficient (Wildman–Crippen LogP) is 3.59. The van der Waals surface area contributed by atoms with E-state index in [1.54, 1.807) is 0 Å². The Morgan fingerprint density at radius 3 is 2.67 bits per heavy atom. The number of hydrogen-bond donors (Lipinski definition) is 1. The molecule has 1 heterocycles. The number of rotatable bonds is 2. The minimum Gasteiger partial charge on any atom is -0.319 e. The Kier molecular flexibility index (Phi) is 4.04. The van der Waals surface area contributed by atoms with E-state index in [4.69, 9.17) is 0 Å². The maximum Gasteiger partial charge on any atom is 0.437 e. The van der Waals surface area contributed by atoms with E-state index in [-0.39, 0.29) is 10.0 Å². The molecule has 2 rings (SSSR count). The molecule has 0 unspecified atom stereocenters. The summed E-state index contributed by atoms with van der Waals surface area (Å²) in [6, 6.07) is 3.33. The highest BCUT2D eigenvalue weighted by Crippen LogP contribution is 2.33. The van der Waals surface area contributed by atoms with Gasteiger partial charge in [-0.25, -0.2) is 4.39 Å². The Morgan fingerprint density at radius 2 is 2.05 bits per heavy atom. The molecular weight excluding hydrogens is 358 g/mol. The van der Waals surface area contributed by atoms with E-state index >= 15 is 0 Å². The zero-order valence-electron chi connectivity index (χ0n) is 10.5. The molecule has 4 nitrogen and oxygen atoms in total. The Hall–Kier alpha value is -1.90. The monoisotopic (exact) mass is 365 g/mol. The number of alkyl halides is 3. The Balaban J connectivity index is 2.34. The van der Waals surface area contributed by atoms with Crippen LogP contribution >= 0.6 is 15.9 Å². The average Bonchev–Trinajstić information content (AvgIpc) is 2.73. The lowest BCUT2D eigenvalue weighted by molar-refractivity contribution is -0.140. The molecule has 0 spiro atoms. The third-order valence-corrected chi connectivity index (χ3v) is 3.21. The van der Waals surface area contributed by atoms with E-state index in [0.717, 1.165) is 23.0 Å². The molecule has 21 heavy (non-hydrogen) atoms. The Bertz CT molecular complexity index is 696. The molecule has 0 aliphatic heterocycles. The molecule has 0 bridgehead atoms. The van der Waals surface area contributed by atoms with Crippen molar-refractivity contribution in [3.63, 3.8) is 0 Å². The van der Waals surface area contributed by atoms with Gasteiger partial charge in [-0.2, -0.15) is 18.3 Å². The number of amides is 1. The largest absolute Gasteiger partial charge is 0.437 e. The van der Waals surface area contributed by atoms with Gasteiger partial charge in [-0.1, -0.05) is 0 Å². The molecule has 1 aromatic heterocycles. The molecule has 9 heteroatoms. The van der Waals surface area contributed by atoms with E-state index in [0.29, 0.717) is 0 Å². The van der Waals surface area contributed by atoms with Crippen molar-refractivity contribution < 1.29 is 22.4 Å². The summed E-state index contributed by atoms with van der Waals surface area (Å²) in [5, 5.41) is 5.34. The lowest BCUT2D eigenvalue weighted by Gasteiger charge is -2.08. The predicted molar refractivity (Wildman–Crippen MR) is 70.3 cm³/mol. The molecular formula is C12H8BrF4N3O. The van der Waals surface area contributed by atoms with Gasteiger partial charge in [-0.3, -0.25) is 9.48 Å². The molecule has 2 aromatic rings. The molecule has 0 radical (unpaired) electrons. The summed E-state index contributed by atoms with van der Waals surface area (Å²) in [5.41, 5.74) is -1.83. The second kappa shape index (κ2) is 5.47. The normalized spacial score (nSPS) is 11.5. The molecule has 1 amide bonds. The molecule has 0 aliphatic carbocycles. The van der Waals surface area contributed by atoms with Gasteiger partial charge in [0.2, 0.25) is 0 Å². The van der Waals surface area contributed by atoms with E-state index in [9.17, 15) is 22.4 Å². The van der Waals surface area contributed by atoms with Gasteiger partial charge < -0.3 is 5.32 Å². The first-order valence-electron chi connectivity index (χ1n) is 5.55. The summed E-state index contributed by atoms with van der Waals surface area (Å²) in [7, 11) is 1.29. The summed E-state index contributed by atoms with van der Waals surface area (Å²) in [6.07, 6.45) is -3.68. The number of aryl methyl sites for hydroxylation is 1. The lowest BCUT2D eigenvalue weighted by Crippen LogP contribution is -2.16. The Labute approximate surface area is 124 Å². The van der Waals surface area contributed by atoms with Crippen LogP contribution in [0.15, 0.2) is 28.9 Å². The minimum absolute atomic E-state index is 0.119. The van der Waals surface area contributed by atoms with Gasteiger partial charge in [0.05, 0.1) is 11.3 Å². The van der Waals surface area contributed by atoms with Gasteiger partial charge in [-0.05, 0) is 34.1 Å². The van der Waals surface area contributed by atoms with Crippen LogP contribution in [0.5, 0.6) is 0 Å². The molecule has 1 aromatic carbocycles. The van der Waals surface area contributed by atoms with Gasteiger partial charge in [0.25, 0.3) is 5.91 Å². The van der Waals surface area contributed by atoms with Crippen molar-refractivity contribution in [2.24, 2.45) is 7.05 Å². The van der Waals surface area contributed by atoms with Gasteiger partial charge in [0.1, 0.15) is 5.82 Å². The summed E-state index contributed by atoms with van der Waals surface area (Å²) in [5.74, 6) is -1.55. The molecule has 0 aliphatic rings. The van der Waals surface area contributed by atoms with Gasteiger partial charge in [-0.15, -0.1) is 0 Å². The fourth-order valence-electron chi connectivity index (χ4n) is 1.65. The van der Waals surface area contributed by atoms with Crippen LogP contribution in [0.3, 0.4) is 0 Å². The first kappa shape index (κ1) is 15.5. The zero-order valence-corrected chi connectivity index (χ0v) is 12.1. The van der Waals surface area contributed by atoms with Crippen LogP contribution in [0.2, 0.25) is 0 Å².